The molecule has 1 radical (unpaired) electrons. The minimum atomic E-state index is -4.63. The van der Waals surface area contributed by atoms with E-state index in [0.717, 1.165) is 89.9 Å². The molecule has 12 nitrogen and oxygen atoms in total. The molecule has 0 amide bonds. The highest BCUT2D eigenvalue weighted by atomic mass is 31.2. The van der Waals surface area contributed by atoms with E-state index in [1.54, 1.807) is 0 Å². The molecule has 1 saturated heterocycles. The van der Waals surface area contributed by atoms with Gasteiger partial charge in [0.1, 0.15) is 31.9 Å². The Bertz CT molecular complexity index is 1060. The molecular formula is C46H91N2O10P+. The quantitative estimate of drug-likeness (QED) is 0.0192. The van der Waals surface area contributed by atoms with Gasteiger partial charge in [0.15, 0.2) is 6.10 Å². The number of unbranched alkanes of at least 4 members (excludes halogenated alkanes) is 22. The maximum atomic E-state index is 12.8. The first-order valence-electron chi connectivity index (χ1n) is 24.0. The summed E-state index contributed by atoms with van der Waals surface area (Å²) in [6, 6.07) is 0. The molecule has 1 N–H and O–H groups in total. The third kappa shape index (κ3) is 30.7. The third-order valence-corrected chi connectivity index (χ3v) is 12.2. The standard InChI is InChI=1S/C46H90N2O10P/c1-8-10-12-13-14-15-16-17-18-21-24-27-30-33-43(49)54-39-42(40-56-59(52,53)55-38-37-48(5,6)7)57-44(50)34-31-28-25-22-19-20-23-26-29-32-36-46(35-11-9-2)47(51)41-45(3,4)58-46/h42H,8-41H2,1-7H3/p+1/t42-,46?/m1/s1. The Morgan fingerprint density at radius 1 is 0.712 bits per heavy atom. The van der Waals surface area contributed by atoms with E-state index in [1.807, 2.05) is 35.0 Å². The fourth-order valence-electron chi connectivity index (χ4n) is 7.66. The van der Waals surface area contributed by atoms with Crippen LogP contribution in [0.5, 0.6) is 0 Å². The number of ether oxygens (including phenoxy) is 3. The summed E-state index contributed by atoms with van der Waals surface area (Å²) in [5.41, 5.74) is -1.04. The Morgan fingerprint density at radius 3 is 1.64 bits per heavy atom. The summed E-state index contributed by atoms with van der Waals surface area (Å²) in [6.07, 6.45) is 29.7. The molecular weight excluding hydrogens is 771 g/mol. The van der Waals surface area contributed by atoms with Crippen LogP contribution in [0.3, 0.4) is 0 Å². The number of esters is 2. The van der Waals surface area contributed by atoms with Gasteiger partial charge in [-0.25, -0.2) is 0 Å². The van der Waals surface area contributed by atoms with Gasteiger partial charge in [0.25, 0.3) is 0 Å². The molecule has 13 heteroatoms. The van der Waals surface area contributed by atoms with E-state index in [2.05, 4.69) is 13.8 Å². The summed E-state index contributed by atoms with van der Waals surface area (Å²) < 4.78 is 28.1. The van der Waals surface area contributed by atoms with Crippen molar-refractivity contribution in [2.24, 2.45) is 0 Å². The molecule has 1 aliphatic heterocycles. The number of carbonyl (C=O) groups is 1. The lowest BCUT2D eigenvalue weighted by Crippen LogP contribution is -2.41. The van der Waals surface area contributed by atoms with E-state index in [0.29, 0.717) is 30.4 Å². The monoisotopic (exact) mass is 863 g/mol. The van der Waals surface area contributed by atoms with Gasteiger partial charge in [-0.3, -0.25) is 4.79 Å². The topological polar surface area (TPSA) is 154 Å². The van der Waals surface area contributed by atoms with Crippen LogP contribution < -0.4 is 4.89 Å². The van der Waals surface area contributed by atoms with E-state index in [1.165, 1.54) is 82.1 Å². The largest absolute Gasteiger partial charge is 0.783 e. The van der Waals surface area contributed by atoms with Gasteiger partial charge >= 0.3 is 20.1 Å². The summed E-state index contributed by atoms with van der Waals surface area (Å²) in [5.74, 6) is -0.596. The molecule has 1 unspecified atom stereocenters. The molecule has 1 fully saturated rings. The molecule has 59 heavy (non-hydrogen) atoms. The lowest BCUT2D eigenvalue weighted by atomic mass is 9.97. The van der Waals surface area contributed by atoms with E-state index >= 15 is 0 Å². The van der Waals surface area contributed by atoms with Crippen LogP contribution in [0.2, 0.25) is 0 Å². The first-order chi connectivity index (χ1) is 28.0. The number of hydrogen-bond donors (Lipinski definition) is 0. The molecule has 1 rings (SSSR count). The van der Waals surface area contributed by atoms with Crippen LogP contribution in [0.1, 0.15) is 214 Å². The SMILES string of the molecule is CCCCCCCCCCCCCCCC(=[OH+])OC[C@H](CO[P+]([O])([O-])OCC[N+](C)(C)C)OC(=O)CCCCCCCCCCCCC1(CCCC)OC(C)(C)CN1[O-]. The van der Waals surface area contributed by atoms with Crippen LogP contribution in [0.15, 0.2) is 0 Å². The maximum absolute atomic E-state index is 12.8. The van der Waals surface area contributed by atoms with Crippen molar-refractivity contribution < 1.29 is 47.1 Å². The van der Waals surface area contributed by atoms with Crippen LogP contribution >= 0.6 is 8.17 Å². The normalized spacial score (nSPS) is 18.5. The zero-order chi connectivity index (χ0) is 43.9. The number of hydrogen-bond acceptors (Lipinski definition) is 9. The smallest absolute Gasteiger partial charge is 0.482 e. The second kappa shape index (κ2) is 32.7. The van der Waals surface area contributed by atoms with E-state index < -0.39 is 32.6 Å². The van der Waals surface area contributed by atoms with Gasteiger partial charge in [-0.2, -0.15) is 9.05 Å². The maximum Gasteiger partial charge on any atom is 0.482 e. The predicted molar refractivity (Wildman–Crippen MR) is 238 cm³/mol. The highest BCUT2D eigenvalue weighted by Crippen LogP contribution is 2.49. The van der Waals surface area contributed by atoms with Gasteiger partial charge in [-0.1, -0.05) is 149 Å². The Morgan fingerprint density at radius 2 is 1.17 bits per heavy atom. The molecule has 0 saturated carbocycles. The molecule has 0 aromatic heterocycles. The van der Waals surface area contributed by atoms with E-state index in [4.69, 9.17) is 23.3 Å². The number of nitrogens with zero attached hydrogens (tertiary/aromatic N) is 2. The van der Waals surface area contributed by atoms with Crippen LogP contribution in [-0.4, -0.2) is 97.8 Å². The molecule has 0 spiro atoms. The molecule has 0 aliphatic carbocycles. The Hall–Kier alpha value is -0.950. The highest BCUT2D eigenvalue weighted by molar-refractivity contribution is 7.52. The van der Waals surface area contributed by atoms with Crippen molar-refractivity contribution in [3.05, 3.63) is 5.21 Å². The molecule has 0 aromatic rings. The lowest BCUT2D eigenvalue weighted by Gasteiger charge is -2.42. The molecule has 0 bridgehead atoms. The first kappa shape index (κ1) is 56.1. The highest BCUT2D eigenvalue weighted by Gasteiger charge is 2.44. The molecule has 0 aromatic carbocycles. The second-order valence-electron chi connectivity index (χ2n) is 18.9. The van der Waals surface area contributed by atoms with Crippen molar-refractivity contribution in [3.8, 4) is 0 Å². The van der Waals surface area contributed by atoms with Gasteiger partial charge in [-0.15, -0.1) is 0 Å². The zero-order valence-electron chi connectivity index (χ0n) is 39.1. The number of likely N-dealkylation sites (N-methyl/N-ethyl adjacent to an activating group) is 1. The number of hydroxylamine groups is 2. The fraction of sp³-hybridized carbons (Fsp3) is 0.957. The van der Waals surface area contributed by atoms with Crippen molar-refractivity contribution in [1.29, 1.82) is 0 Å². The molecule has 1 aliphatic rings. The average molecular weight is 863 g/mol. The number of rotatable bonds is 40. The zero-order valence-corrected chi connectivity index (χ0v) is 40.0. The van der Waals surface area contributed by atoms with Crippen LogP contribution in [-0.2, 0) is 32.9 Å². The number of quaternary nitrogens is 1. The summed E-state index contributed by atoms with van der Waals surface area (Å²) in [4.78, 5) is 48.0. The second-order valence-corrected chi connectivity index (χ2v) is 20.3. The van der Waals surface area contributed by atoms with Gasteiger partial charge < -0.3 is 38.7 Å². The minimum absolute atomic E-state index is 0.0320. The summed E-state index contributed by atoms with van der Waals surface area (Å²) in [6.45, 7) is 8.64. The van der Waals surface area contributed by atoms with Crippen LogP contribution in [0.4, 0.5) is 0 Å². The minimum Gasteiger partial charge on any atom is -0.783 e. The third-order valence-electron chi connectivity index (χ3n) is 11.2. The molecule has 1 heterocycles. The van der Waals surface area contributed by atoms with E-state index in [-0.39, 0.29) is 31.2 Å². The van der Waals surface area contributed by atoms with Gasteiger partial charge in [0, 0.05) is 17.9 Å². The van der Waals surface area contributed by atoms with Crippen molar-refractivity contribution >= 4 is 20.1 Å². The van der Waals surface area contributed by atoms with Crippen molar-refractivity contribution in [2.75, 3.05) is 54.1 Å². The average Bonchev–Trinajstić information content (AvgIpc) is 3.40. The Labute approximate surface area is 362 Å². The van der Waals surface area contributed by atoms with Gasteiger partial charge in [-0.05, 0) is 52.4 Å². The Balaban J connectivity index is 2.31. The molecule has 349 valence electrons. The fourth-order valence-corrected chi connectivity index (χ4v) is 8.38. The summed E-state index contributed by atoms with van der Waals surface area (Å²) in [7, 11) is 1.16. The summed E-state index contributed by atoms with van der Waals surface area (Å²) in [5, 5.41) is 14.0. The van der Waals surface area contributed by atoms with Crippen molar-refractivity contribution in [2.45, 2.75) is 231 Å². The predicted octanol–water partition coefficient (Wildman–Crippen LogP) is 11.3. The van der Waals surface area contributed by atoms with E-state index in [9.17, 15) is 24.6 Å². The van der Waals surface area contributed by atoms with Gasteiger partial charge in [0.05, 0.1) is 26.7 Å². The lowest BCUT2D eigenvalue weighted by molar-refractivity contribution is -0.870. The first-order valence-corrected chi connectivity index (χ1v) is 25.4. The van der Waals surface area contributed by atoms with Crippen LogP contribution in [0.25, 0.3) is 0 Å². The summed E-state index contributed by atoms with van der Waals surface area (Å²) >= 11 is 0. The van der Waals surface area contributed by atoms with Crippen molar-refractivity contribution in [3.63, 3.8) is 0 Å². The number of carbonyl (C=O) groups excluding carboxylic acids is 2. The Kier molecular flexibility index (Phi) is 31.1. The van der Waals surface area contributed by atoms with Gasteiger partial charge in [0.2, 0.25) is 6.61 Å². The van der Waals surface area contributed by atoms with Crippen LogP contribution in [0, 0.1) is 5.21 Å². The van der Waals surface area contributed by atoms with Crippen molar-refractivity contribution in [1.82, 2.24) is 5.06 Å². The molecule has 2 atom stereocenters.